The molecule has 244 valence electrons. The van der Waals surface area contributed by atoms with Gasteiger partial charge in [-0.15, -0.1) is 0 Å². The van der Waals surface area contributed by atoms with Crippen molar-refractivity contribution in [2.45, 2.75) is 44.0 Å². The maximum Gasteiger partial charge on any atom is 0.490 e. The van der Waals surface area contributed by atoms with Crippen LogP contribution in [0.15, 0.2) is 36.4 Å². The molecule has 3 rings (SSSR count). The van der Waals surface area contributed by atoms with Crippen LogP contribution in [0.3, 0.4) is 0 Å². The molecule has 17 heteroatoms. The first-order chi connectivity index (χ1) is 20.4. The molecule has 0 saturated heterocycles. The summed E-state index contributed by atoms with van der Waals surface area (Å²) >= 11 is 0. The van der Waals surface area contributed by atoms with E-state index in [1.54, 1.807) is 29.2 Å². The second-order valence-corrected chi connectivity index (χ2v) is 9.19. The molecule has 2 aromatic rings. The number of halogens is 6. The maximum atomic E-state index is 13.2. The standard InChI is InChI=1S/C23H29N3O4.2C2HF3O2/c24-10-1-2-12-26(13-5-11-25)20(29)14-17-15-6-3-8-18(27)21(15)23(30)22-16(17)7-4-9-19(22)28;2*3-2(4,5)1(6)7/h3-4,6-9,17,27-28H,1-2,5,10-14,24-25H2;2*(H,6,7). The van der Waals surface area contributed by atoms with Crippen molar-refractivity contribution in [2.75, 3.05) is 26.2 Å². The third kappa shape index (κ3) is 10.7. The Balaban J connectivity index is 0.000000574. The zero-order valence-corrected chi connectivity index (χ0v) is 23.0. The molecule has 2 aromatic carbocycles. The fraction of sp³-hybridized carbons (Fsp3) is 0.407. The Kier molecular flexibility index (Phi) is 14.1. The van der Waals surface area contributed by atoms with Crippen LogP contribution >= 0.6 is 0 Å². The van der Waals surface area contributed by atoms with Gasteiger partial charge in [-0.05, 0) is 55.6 Å². The molecule has 0 aromatic heterocycles. The molecule has 1 aliphatic carbocycles. The van der Waals surface area contributed by atoms with Crippen molar-refractivity contribution in [2.24, 2.45) is 11.5 Å². The lowest BCUT2D eigenvalue weighted by atomic mass is 9.75. The third-order valence-corrected chi connectivity index (χ3v) is 6.09. The average molecular weight is 640 g/mol. The van der Waals surface area contributed by atoms with Gasteiger partial charge in [-0.25, -0.2) is 9.59 Å². The molecule has 0 spiro atoms. The number of amides is 1. The van der Waals surface area contributed by atoms with Gasteiger partial charge >= 0.3 is 24.3 Å². The van der Waals surface area contributed by atoms with Crippen LogP contribution in [0.25, 0.3) is 0 Å². The Morgan fingerprint density at radius 3 is 1.48 bits per heavy atom. The van der Waals surface area contributed by atoms with Gasteiger partial charge in [-0.3, -0.25) is 9.59 Å². The number of aliphatic carboxylic acids is 2. The molecule has 0 aliphatic heterocycles. The third-order valence-electron chi connectivity index (χ3n) is 6.09. The van der Waals surface area contributed by atoms with E-state index in [1.807, 2.05) is 0 Å². The molecule has 1 aliphatic rings. The normalized spacial score (nSPS) is 12.5. The molecule has 0 saturated carbocycles. The zero-order valence-electron chi connectivity index (χ0n) is 23.0. The van der Waals surface area contributed by atoms with E-state index in [0.717, 1.165) is 12.8 Å². The van der Waals surface area contributed by atoms with E-state index in [9.17, 15) is 46.1 Å². The lowest BCUT2D eigenvalue weighted by Crippen LogP contribution is -2.35. The van der Waals surface area contributed by atoms with E-state index in [1.165, 1.54) is 12.1 Å². The van der Waals surface area contributed by atoms with Crippen LogP contribution in [0.2, 0.25) is 0 Å². The first-order valence-corrected chi connectivity index (χ1v) is 12.8. The molecule has 0 radical (unpaired) electrons. The number of carboxylic acids is 2. The number of rotatable bonds is 9. The van der Waals surface area contributed by atoms with Crippen LogP contribution < -0.4 is 11.5 Å². The van der Waals surface area contributed by atoms with Gasteiger partial charge < -0.3 is 36.8 Å². The summed E-state index contributed by atoms with van der Waals surface area (Å²) in [6.45, 7) is 2.22. The summed E-state index contributed by atoms with van der Waals surface area (Å²) in [4.78, 5) is 45.8. The second-order valence-electron chi connectivity index (χ2n) is 9.19. The van der Waals surface area contributed by atoms with E-state index < -0.39 is 36.0 Å². The Morgan fingerprint density at radius 2 is 1.11 bits per heavy atom. The lowest BCUT2D eigenvalue weighted by molar-refractivity contribution is -0.193. The number of hydrogen-bond donors (Lipinski definition) is 6. The van der Waals surface area contributed by atoms with Gasteiger partial charge in [0.25, 0.3) is 0 Å². The summed E-state index contributed by atoms with van der Waals surface area (Å²) in [6, 6.07) is 9.75. The number of ketones is 1. The molecular formula is C27H31F6N3O8. The smallest absolute Gasteiger partial charge is 0.490 e. The highest BCUT2D eigenvalue weighted by Crippen LogP contribution is 2.44. The summed E-state index contributed by atoms with van der Waals surface area (Å²) < 4.78 is 63.5. The zero-order chi connectivity index (χ0) is 33.8. The Bertz CT molecular complexity index is 1240. The van der Waals surface area contributed by atoms with Crippen molar-refractivity contribution < 1.29 is 65.9 Å². The molecular weight excluding hydrogens is 608 g/mol. The minimum absolute atomic E-state index is 0.0524. The minimum atomic E-state index is -5.08. The van der Waals surface area contributed by atoms with E-state index in [4.69, 9.17) is 31.3 Å². The number of aromatic hydroxyl groups is 2. The number of phenolic OH excluding ortho intramolecular Hbond substituents is 2. The number of alkyl halides is 6. The number of carbonyl (C=O) groups is 4. The maximum absolute atomic E-state index is 13.2. The predicted octanol–water partition coefficient (Wildman–Crippen LogP) is 3.35. The first-order valence-electron chi connectivity index (χ1n) is 12.8. The number of phenols is 2. The van der Waals surface area contributed by atoms with Crippen LogP contribution in [0.5, 0.6) is 11.5 Å². The molecule has 0 atom stereocenters. The molecule has 11 nitrogen and oxygen atoms in total. The minimum Gasteiger partial charge on any atom is -0.507 e. The Labute approximate surface area is 246 Å². The van der Waals surface area contributed by atoms with Gasteiger partial charge in [0.1, 0.15) is 11.5 Å². The van der Waals surface area contributed by atoms with Gasteiger partial charge in [0, 0.05) is 25.4 Å². The van der Waals surface area contributed by atoms with Crippen LogP contribution in [-0.2, 0) is 14.4 Å². The van der Waals surface area contributed by atoms with Crippen LogP contribution in [0.1, 0.15) is 58.6 Å². The summed E-state index contributed by atoms with van der Waals surface area (Å²) in [5.74, 6) is -6.72. The van der Waals surface area contributed by atoms with Gasteiger partial charge in [-0.1, -0.05) is 24.3 Å². The van der Waals surface area contributed by atoms with E-state index in [2.05, 4.69) is 0 Å². The summed E-state index contributed by atoms with van der Waals surface area (Å²) in [7, 11) is 0. The molecule has 44 heavy (non-hydrogen) atoms. The number of hydrogen-bond acceptors (Lipinski definition) is 8. The number of unbranched alkanes of at least 4 members (excludes halogenated alkanes) is 1. The van der Waals surface area contributed by atoms with Crippen molar-refractivity contribution in [1.82, 2.24) is 4.90 Å². The van der Waals surface area contributed by atoms with Crippen molar-refractivity contribution in [3.63, 3.8) is 0 Å². The van der Waals surface area contributed by atoms with Crippen LogP contribution in [0, 0.1) is 0 Å². The SMILES string of the molecule is NCCCCN(CCCN)C(=O)CC1c2cccc(O)c2C(=O)c2c(O)cccc21.O=C(O)C(F)(F)F.O=C(O)C(F)(F)F. The van der Waals surface area contributed by atoms with Gasteiger partial charge in [0.2, 0.25) is 11.7 Å². The number of carbonyl (C=O) groups excluding carboxylic acids is 2. The molecule has 0 fully saturated rings. The quantitative estimate of drug-likeness (QED) is 0.174. The largest absolute Gasteiger partial charge is 0.507 e. The second kappa shape index (κ2) is 16.5. The van der Waals surface area contributed by atoms with Crippen LogP contribution in [0.4, 0.5) is 26.3 Å². The summed E-state index contributed by atoms with van der Waals surface area (Å²) in [6.07, 6.45) is -7.69. The van der Waals surface area contributed by atoms with Crippen molar-refractivity contribution in [3.8, 4) is 11.5 Å². The average Bonchev–Trinajstić information content (AvgIpc) is 2.92. The Hall–Kier alpha value is -4.38. The van der Waals surface area contributed by atoms with Gasteiger partial charge in [0.05, 0.1) is 11.1 Å². The van der Waals surface area contributed by atoms with E-state index in [-0.39, 0.29) is 35.0 Å². The van der Waals surface area contributed by atoms with E-state index >= 15 is 0 Å². The molecule has 0 bridgehead atoms. The van der Waals surface area contributed by atoms with Gasteiger partial charge in [-0.2, -0.15) is 26.3 Å². The molecule has 0 unspecified atom stereocenters. The number of benzene rings is 2. The number of nitrogens with two attached hydrogens (primary N) is 2. The monoisotopic (exact) mass is 639 g/mol. The molecule has 0 heterocycles. The van der Waals surface area contributed by atoms with Crippen molar-refractivity contribution >= 4 is 23.6 Å². The van der Waals surface area contributed by atoms with E-state index in [0.29, 0.717) is 43.7 Å². The van der Waals surface area contributed by atoms with Crippen molar-refractivity contribution in [3.05, 3.63) is 58.7 Å². The number of carboxylic acid groups (broad SMARTS) is 2. The molecule has 8 N–H and O–H groups in total. The number of nitrogens with zero attached hydrogens (tertiary/aromatic N) is 1. The fourth-order valence-electron chi connectivity index (χ4n) is 4.10. The highest BCUT2D eigenvalue weighted by atomic mass is 19.4. The predicted molar refractivity (Wildman–Crippen MR) is 142 cm³/mol. The summed E-state index contributed by atoms with van der Waals surface area (Å²) in [5.41, 5.74) is 12.7. The number of fused-ring (bicyclic) bond motifs is 2. The topological polar surface area (TPSA) is 204 Å². The molecule has 1 amide bonds. The summed E-state index contributed by atoms with van der Waals surface area (Å²) in [5, 5.41) is 34.9. The fourth-order valence-corrected chi connectivity index (χ4v) is 4.10. The van der Waals surface area contributed by atoms with Gasteiger partial charge in [0.15, 0.2) is 0 Å². The highest BCUT2D eigenvalue weighted by molar-refractivity contribution is 6.16. The lowest BCUT2D eigenvalue weighted by Gasteiger charge is -2.30. The van der Waals surface area contributed by atoms with Crippen LogP contribution in [-0.4, -0.2) is 87.5 Å². The highest BCUT2D eigenvalue weighted by Gasteiger charge is 2.39. The van der Waals surface area contributed by atoms with Crippen molar-refractivity contribution in [1.29, 1.82) is 0 Å². The Morgan fingerprint density at radius 1 is 0.727 bits per heavy atom. The first kappa shape index (κ1) is 37.6.